The molecule has 1 aliphatic rings. The summed E-state index contributed by atoms with van der Waals surface area (Å²) < 4.78 is 37.6. The summed E-state index contributed by atoms with van der Waals surface area (Å²) in [5.41, 5.74) is -0.621. The lowest BCUT2D eigenvalue weighted by molar-refractivity contribution is -0.114. The molecule has 2 unspecified atom stereocenters. The number of alkyl halides is 1. The number of hydrogen-bond donors (Lipinski definition) is 1. The van der Waals surface area contributed by atoms with Crippen molar-refractivity contribution in [2.75, 3.05) is 11.9 Å². The predicted octanol–water partition coefficient (Wildman–Crippen LogP) is 5.03. The van der Waals surface area contributed by atoms with Crippen LogP contribution in [0.5, 0.6) is 0 Å². The van der Waals surface area contributed by atoms with E-state index in [9.17, 15) is 9.59 Å². The van der Waals surface area contributed by atoms with Crippen LogP contribution < -0.4 is 11.0 Å². The Hall–Kier alpha value is -1.45. The molecular formula is C24H42FN4O5P. The second-order valence-corrected chi connectivity index (χ2v) is 12.0. The van der Waals surface area contributed by atoms with Crippen molar-refractivity contribution >= 4 is 20.3 Å². The summed E-state index contributed by atoms with van der Waals surface area (Å²) in [5.74, 6) is -0.249. The molecular weight excluding hydrogens is 474 g/mol. The van der Waals surface area contributed by atoms with E-state index in [0.29, 0.717) is 13.0 Å². The number of hydrogen-bond acceptors (Lipinski definition) is 7. The summed E-state index contributed by atoms with van der Waals surface area (Å²) in [6.45, 7) is 18.4. The molecule has 2 rings (SSSR count). The Labute approximate surface area is 209 Å². The number of carbonyl (C=O) groups excluding carboxylic acids is 1. The van der Waals surface area contributed by atoms with Crippen molar-refractivity contribution in [3.8, 4) is 0 Å². The zero-order chi connectivity index (χ0) is 26.5. The summed E-state index contributed by atoms with van der Waals surface area (Å²) in [5, 5.41) is 2.45. The molecule has 1 saturated heterocycles. The van der Waals surface area contributed by atoms with E-state index in [4.69, 9.17) is 13.8 Å². The van der Waals surface area contributed by atoms with Gasteiger partial charge in [0.15, 0.2) is 12.4 Å². The molecule has 1 aromatic heterocycles. The first-order valence-corrected chi connectivity index (χ1v) is 13.4. The average molecular weight is 517 g/mol. The molecule has 0 aliphatic carbocycles. The Morgan fingerprint density at radius 3 is 2.43 bits per heavy atom. The summed E-state index contributed by atoms with van der Waals surface area (Å²) in [4.78, 5) is 27.7. The van der Waals surface area contributed by atoms with Crippen molar-refractivity contribution in [1.29, 1.82) is 0 Å². The van der Waals surface area contributed by atoms with Gasteiger partial charge < -0.3 is 19.1 Å². The van der Waals surface area contributed by atoms with Crippen molar-refractivity contribution in [2.24, 2.45) is 5.41 Å². The lowest BCUT2D eigenvalue weighted by Gasteiger charge is -2.38. The Morgan fingerprint density at radius 1 is 1.31 bits per heavy atom. The molecule has 2 heterocycles. The van der Waals surface area contributed by atoms with E-state index in [1.54, 1.807) is 0 Å². The standard InChI is InChI=1S/C24H42FN4O5P/c1-10-18-21(34-35(29(15(2)3)16(4)5)32-14-12-24(7,8)9)20(25)22(33-18)28-13-11-19(26-17(6)30)27-23(28)31/h11,13,15-16,18,20-22H,10,12,14H2,1-9H3,(H,26,27,30,31)/t18-,20+,21?,22-,35?/m1/s1. The lowest BCUT2D eigenvalue weighted by Crippen LogP contribution is -2.38. The van der Waals surface area contributed by atoms with E-state index >= 15 is 4.39 Å². The molecule has 0 saturated carbocycles. The highest BCUT2D eigenvalue weighted by atomic mass is 31.2. The monoisotopic (exact) mass is 516 g/mol. The van der Waals surface area contributed by atoms with Crippen molar-refractivity contribution in [2.45, 2.75) is 112 Å². The smallest absolute Gasteiger partial charge is 0.349 e. The van der Waals surface area contributed by atoms with Crippen molar-refractivity contribution in [3.05, 3.63) is 22.7 Å². The number of carbonyl (C=O) groups is 1. The third-order valence-corrected chi connectivity index (χ3v) is 7.72. The second kappa shape index (κ2) is 12.7. The fourth-order valence-electron chi connectivity index (χ4n) is 3.89. The largest absolute Gasteiger partial charge is 0.351 e. The predicted molar refractivity (Wildman–Crippen MR) is 136 cm³/mol. The Balaban J connectivity index is 2.28. The number of anilines is 1. The number of aromatic nitrogens is 2. The molecule has 0 radical (unpaired) electrons. The second-order valence-electron chi connectivity index (χ2n) is 10.6. The molecule has 11 heteroatoms. The molecule has 200 valence electrons. The van der Waals surface area contributed by atoms with E-state index < -0.39 is 38.8 Å². The third-order valence-electron chi connectivity index (χ3n) is 5.59. The minimum Gasteiger partial charge on any atom is -0.349 e. The third kappa shape index (κ3) is 8.29. The van der Waals surface area contributed by atoms with Gasteiger partial charge in [0, 0.05) is 25.2 Å². The summed E-state index contributed by atoms with van der Waals surface area (Å²) >= 11 is 0. The van der Waals surface area contributed by atoms with Crippen LogP contribution in [0.2, 0.25) is 0 Å². The number of amides is 1. The fourth-order valence-corrected chi connectivity index (χ4v) is 5.65. The molecule has 1 amide bonds. The van der Waals surface area contributed by atoms with Crippen LogP contribution >= 0.6 is 8.53 Å². The molecule has 35 heavy (non-hydrogen) atoms. The van der Waals surface area contributed by atoms with Gasteiger partial charge in [0.25, 0.3) is 8.53 Å². The van der Waals surface area contributed by atoms with Crippen LogP contribution in [0, 0.1) is 5.41 Å². The molecule has 1 aromatic rings. The van der Waals surface area contributed by atoms with Gasteiger partial charge in [-0.3, -0.25) is 9.36 Å². The molecule has 0 bridgehead atoms. The average Bonchev–Trinajstić information content (AvgIpc) is 3.01. The van der Waals surface area contributed by atoms with Crippen molar-refractivity contribution in [3.63, 3.8) is 0 Å². The van der Waals surface area contributed by atoms with Gasteiger partial charge in [0.1, 0.15) is 11.9 Å². The highest BCUT2D eigenvalue weighted by Gasteiger charge is 2.49. The summed E-state index contributed by atoms with van der Waals surface area (Å²) in [7, 11) is -1.57. The first-order chi connectivity index (χ1) is 16.2. The van der Waals surface area contributed by atoms with Gasteiger partial charge in [-0.05, 0) is 52.0 Å². The van der Waals surface area contributed by atoms with Crippen LogP contribution in [-0.2, 0) is 18.6 Å². The van der Waals surface area contributed by atoms with Gasteiger partial charge >= 0.3 is 5.69 Å². The van der Waals surface area contributed by atoms with Crippen molar-refractivity contribution < 1.29 is 23.0 Å². The molecule has 1 aliphatic heterocycles. The van der Waals surface area contributed by atoms with Gasteiger partial charge in [-0.1, -0.05) is 27.7 Å². The van der Waals surface area contributed by atoms with E-state index in [0.717, 1.165) is 11.0 Å². The van der Waals surface area contributed by atoms with Crippen LogP contribution in [-0.4, -0.2) is 57.2 Å². The number of halogens is 1. The lowest BCUT2D eigenvalue weighted by atomic mass is 9.93. The maximum absolute atomic E-state index is 15.8. The molecule has 1 N–H and O–H groups in total. The molecule has 1 fully saturated rings. The van der Waals surface area contributed by atoms with E-state index in [1.807, 2.05) is 6.92 Å². The Morgan fingerprint density at radius 2 is 1.94 bits per heavy atom. The van der Waals surface area contributed by atoms with Gasteiger partial charge in [0.2, 0.25) is 5.91 Å². The zero-order valence-corrected chi connectivity index (χ0v) is 23.3. The van der Waals surface area contributed by atoms with Crippen LogP contribution in [0.15, 0.2) is 17.1 Å². The summed E-state index contributed by atoms with van der Waals surface area (Å²) in [6.07, 6.45) is -1.55. The number of nitrogens with one attached hydrogen (secondary N) is 1. The van der Waals surface area contributed by atoms with Gasteiger partial charge in [0.05, 0.1) is 12.7 Å². The minimum atomic E-state index is -1.61. The maximum atomic E-state index is 15.8. The Kier molecular flexibility index (Phi) is 10.8. The molecule has 5 atom stereocenters. The van der Waals surface area contributed by atoms with E-state index in [2.05, 4.69) is 63.4 Å². The van der Waals surface area contributed by atoms with Gasteiger partial charge in [-0.2, -0.15) is 4.98 Å². The number of rotatable bonds is 11. The van der Waals surface area contributed by atoms with Crippen LogP contribution in [0.3, 0.4) is 0 Å². The van der Waals surface area contributed by atoms with Gasteiger partial charge in [-0.15, -0.1) is 0 Å². The topological polar surface area (TPSA) is 94.9 Å². The number of nitrogens with zero attached hydrogens (tertiary/aromatic N) is 3. The fraction of sp³-hybridized carbons (Fsp3) is 0.792. The SMILES string of the molecule is CC[C@H]1O[C@@H](n2ccc(NC(C)=O)nc2=O)[C@@H](F)C1OP(OCCC(C)(C)C)N(C(C)C)C(C)C. The van der Waals surface area contributed by atoms with Crippen LogP contribution in [0.4, 0.5) is 10.2 Å². The normalized spacial score (nSPS) is 23.9. The molecule has 9 nitrogen and oxygen atoms in total. The van der Waals surface area contributed by atoms with Crippen LogP contribution in [0.25, 0.3) is 0 Å². The van der Waals surface area contributed by atoms with Gasteiger partial charge in [-0.25, -0.2) is 13.9 Å². The molecule has 0 aromatic carbocycles. The first-order valence-electron chi connectivity index (χ1n) is 12.3. The first kappa shape index (κ1) is 29.8. The van der Waals surface area contributed by atoms with E-state index in [-0.39, 0.29) is 29.2 Å². The highest BCUT2D eigenvalue weighted by molar-refractivity contribution is 7.44. The van der Waals surface area contributed by atoms with Crippen LogP contribution in [0.1, 0.15) is 81.4 Å². The molecule has 0 spiro atoms. The summed E-state index contributed by atoms with van der Waals surface area (Å²) in [6, 6.07) is 1.69. The quantitative estimate of drug-likeness (QED) is 0.412. The Bertz CT molecular complexity index is 883. The van der Waals surface area contributed by atoms with Crippen molar-refractivity contribution in [1.82, 2.24) is 14.2 Å². The zero-order valence-electron chi connectivity index (χ0n) is 22.4. The maximum Gasteiger partial charge on any atom is 0.351 e. The number of ether oxygens (including phenoxy) is 1. The van der Waals surface area contributed by atoms with E-state index in [1.165, 1.54) is 19.2 Å². The minimum absolute atomic E-state index is 0.0925. The highest BCUT2D eigenvalue weighted by Crippen LogP contribution is 2.51.